The van der Waals surface area contributed by atoms with Crippen molar-refractivity contribution in [3.05, 3.63) is 0 Å². The summed E-state index contributed by atoms with van der Waals surface area (Å²) < 4.78 is 40.8. The number of carbonyl (C=O) groups is 2. The molecule has 2 atom stereocenters. The molecule has 8 heteroatoms. The Morgan fingerprint density at radius 2 is 2.00 bits per heavy atom. The van der Waals surface area contributed by atoms with E-state index in [-0.39, 0.29) is 24.3 Å². The highest BCUT2D eigenvalue weighted by molar-refractivity contribution is 9.09. The van der Waals surface area contributed by atoms with Crippen molar-refractivity contribution in [3.8, 4) is 0 Å². The molecule has 0 aromatic heterocycles. The van der Waals surface area contributed by atoms with Crippen molar-refractivity contribution in [2.45, 2.75) is 12.2 Å². The molecule has 0 aromatic carbocycles. The van der Waals surface area contributed by atoms with E-state index in [1.165, 1.54) is 0 Å². The van der Waals surface area contributed by atoms with Gasteiger partial charge in [-0.15, -0.1) is 0 Å². The fourth-order valence-electron chi connectivity index (χ4n) is 1.36. The smallest absolute Gasteiger partial charge is 0.378 e. The molecule has 0 saturated carbocycles. The van der Waals surface area contributed by atoms with Crippen LogP contribution in [0.25, 0.3) is 0 Å². The minimum absolute atomic E-state index is 0.0272. The second-order valence-corrected chi connectivity index (χ2v) is 3.88. The van der Waals surface area contributed by atoms with Crippen molar-refractivity contribution >= 4 is 27.6 Å². The summed E-state index contributed by atoms with van der Waals surface area (Å²) in [5, 5.41) is 1.78. The molecule has 1 saturated heterocycles. The molecular weight excluding hydrogens is 295 g/mol. The van der Waals surface area contributed by atoms with Crippen LogP contribution in [0.2, 0.25) is 0 Å². The lowest BCUT2D eigenvalue weighted by Crippen LogP contribution is -2.48. The van der Waals surface area contributed by atoms with E-state index in [9.17, 15) is 22.8 Å². The van der Waals surface area contributed by atoms with Gasteiger partial charge in [0.2, 0.25) is 0 Å². The monoisotopic (exact) mass is 303 g/mol. The van der Waals surface area contributed by atoms with Gasteiger partial charge in [0, 0.05) is 0 Å². The highest BCUT2D eigenvalue weighted by Crippen LogP contribution is 2.19. The zero-order chi connectivity index (χ0) is 12.3. The Bertz CT molecular complexity index is 295. The van der Waals surface area contributed by atoms with Gasteiger partial charge in [-0.05, 0) is 0 Å². The van der Waals surface area contributed by atoms with Crippen LogP contribution in [0.1, 0.15) is 0 Å². The number of carbonyl (C=O) groups excluding carboxylic acids is 2. The predicted molar refractivity (Wildman–Crippen MR) is 51.1 cm³/mol. The number of amides is 1. The average molecular weight is 304 g/mol. The summed E-state index contributed by atoms with van der Waals surface area (Å²) >= 11 is 2.92. The van der Waals surface area contributed by atoms with Crippen LogP contribution in [-0.4, -0.2) is 42.5 Å². The first-order valence-electron chi connectivity index (χ1n) is 4.40. The van der Waals surface area contributed by atoms with Crippen molar-refractivity contribution in [1.82, 2.24) is 5.32 Å². The zero-order valence-electron chi connectivity index (χ0n) is 8.01. The molecule has 2 unspecified atom stereocenters. The van der Waals surface area contributed by atoms with E-state index < -0.39 is 24.0 Å². The SMILES string of the molecule is O=C(CBr)C1COCC1NC(=O)C(F)(F)F. The summed E-state index contributed by atoms with van der Waals surface area (Å²) in [4.78, 5) is 22.0. The largest absolute Gasteiger partial charge is 0.471 e. The Balaban J connectivity index is 2.60. The summed E-state index contributed by atoms with van der Waals surface area (Å²) in [5.74, 6) is -3.05. The van der Waals surface area contributed by atoms with E-state index in [0.717, 1.165) is 0 Å². The van der Waals surface area contributed by atoms with Crippen molar-refractivity contribution in [1.29, 1.82) is 0 Å². The maximum absolute atomic E-state index is 12.0. The lowest BCUT2D eigenvalue weighted by Gasteiger charge is -2.18. The molecule has 0 bridgehead atoms. The first-order chi connectivity index (χ1) is 7.36. The van der Waals surface area contributed by atoms with Crippen molar-refractivity contribution < 1.29 is 27.5 Å². The topological polar surface area (TPSA) is 55.4 Å². The van der Waals surface area contributed by atoms with Crippen molar-refractivity contribution in [2.75, 3.05) is 18.5 Å². The molecule has 1 heterocycles. The molecule has 1 N–H and O–H groups in total. The van der Waals surface area contributed by atoms with Crippen LogP contribution in [0.5, 0.6) is 0 Å². The van der Waals surface area contributed by atoms with Gasteiger partial charge in [0.15, 0.2) is 5.78 Å². The number of hydrogen-bond acceptors (Lipinski definition) is 3. The molecule has 16 heavy (non-hydrogen) atoms. The van der Waals surface area contributed by atoms with E-state index >= 15 is 0 Å². The van der Waals surface area contributed by atoms with E-state index in [2.05, 4.69) is 15.9 Å². The van der Waals surface area contributed by atoms with Gasteiger partial charge < -0.3 is 10.1 Å². The highest BCUT2D eigenvalue weighted by atomic mass is 79.9. The van der Waals surface area contributed by atoms with Gasteiger partial charge in [0.1, 0.15) is 0 Å². The fourth-order valence-corrected chi connectivity index (χ4v) is 1.78. The fraction of sp³-hybridized carbons (Fsp3) is 0.750. The maximum atomic E-state index is 12.0. The van der Waals surface area contributed by atoms with Crippen LogP contribution in [0, 0.1) is 5.92 Å². The Kier molecular flexibility index (Phi) is 4.31. The molecule has 0 spiro atoms. The number of ether oxygens (including phenoxy) is 1. The van der Waals surface area contributed by atoms with Gasteiger partial charge in [-0.25, -0.2) is 0 Å². The zero-order valence-corrected chi connectivity index (χ0v) is 9.60. The van der Waals surface area contributed by atoms with E-state index in [4.69, 9.17) is 4.74 Å². The third-order valence-corrected chi connectivity index (χ3v) is 2.75. The summed E-state index contributed by atoms with van der Waals surface area (Å²) in [5.41, 5.74) is 0. The van der Waals surface area contributed by atoms with Gasteiger partial charge in [0.05, 0.1) is 30.5 Å². The predicted octanol–water partition coefficient (Wildman–Crippen LogP) is 0.644. The minimum atomic E-state index is -4.94. The number of Topliss-reactive ketones (excluding diaryl/α,β-unsaturated/α-hetero) is 1. The molecule has 1 aliphatic heterocycles. The Morgan fingerprint density at radius 1 is 1.38 bits per heavy atom. The molecule has 1 fully saturated rings. The molecule has 0 aliphatic carbocycles. The van der Waals surface area contributed by atoms with E-state index in [1.54, 1.807) is 5.32 Å². The third-order valence-electron chi connectivity index (χ3n) is 2.20. The first kappa shape index (κ1) is 13.4. The second kappa shape index (κ2) is 5.13. The molecule has 1 amide bonds. The number of ketones is 1. The number of rotatable bonds is 3. The summed E-state index contributed by atoms with van der Waals surface area (Å²) in [6, 6.07) is -0.904. The number of alkyl halides is 4. The lowest BCUT2D eigenvalue weighted by molar-refractivity contribution is -0.174. The number of nitrogens with one attached hydrogen (secondary N) is 1. The third kappa shape index (κ3) is 3.18. The van der Waals surface area contributed by atoms with Gasteiger partial charge in [-0.3, -0.25) is 9.59 Å². The Morgan fingerprint density at radius 3 is 2.50 bits per heavy atom. The molecule has 92 valence electrons. The second-order valence-electron chi connectivity index (χ2n) is 3.32. The Labute approximate surface area is 97.6 Å². The summed E-state index contributed by atoms with van der Waals surface area (Å²) in [6.45, 7) is -0.0432. The van der Waals surface area contributed by atoms with E-state index in [0.29, 0.717) is 0 Å². The van der Waals surface area contributed by atoms with Gasteiger partial charge in [-0.1, -0.05) is 15.9 Å². The number of hydrogen-bond donors (Lipinski definition) is 1. The molecule has 1 rings (SSSR count). The maximum Gasteiger partial charge on any atom is 0.471 e. The van der Waals surface area contributed by atoms with Crippen LogP contribution >= 0.6 is 15.9 Å². The van der Waals surface area contributed by atoms with Crippen LogP contribution in [0.4, 0.5) is 13.2 Å². The van der Waals surface area contributed by atoms with Crippen molar-refractivity contribution in [2.24, 2.45) is 5.92 Å². The van der Waals surface area contributed by atoms with Gasteiger partial charge in [-0.2, -0.15) is 13.2 Å². The standard InChI is InChI=1S/C8H9BrF3NO3/c9-1-6(14)4-2-16-3-5(4)13-7(15)8(10,11)12/h4-5H,1-3H2,(H,13,15). The molecule has 0 aromatic rings. The summed E-state index contributed by atoms with van der Waals surface area (Å²) in [6.07, 6.45) is -4.94. The van der Waals surface area contributed by atoms with Crippen LogP contribution < -0.4 is 5.32 Å². The van der Waals surface area contributed by atoms with Crippen molar-refractivity contribution in [3.63, 3.8) is 0 Å². The molecular formula is C8H9BrF3NO3. The lowest BCUT2D eigenvalue weighted by atomic mass is 9.99. The first-order valence-corrected chi connectivity index (χ1v) is 5.52. The minimum Gasteiger partial charge on any atom is -0.378 e. The van der Waals surface area contributed by atoms with E-state index in [1.807, 2.05) is 0 Å². The molecule has 4 nitrogen and oxygen atoms in total. The number of halogens is 4. The average Bonchev–Trinajstić information content (AvgIpc) is 2.63. The molecule has 0 radical (unpaired) electrons. The summed E-state index contributed by atoms with van der Waals surface area (Å²) in [7, 11) is 0. The van der Waals surface area contributed by atoms with Crippen LogP contribution in [-0.2, 0) is 14.3 Å². The Hall–Kier alpha value is -0.630. The highest BCUT2D eigenvalue weighted by Gasteiger charge is 2.43. The van der Waals surface area contributed by atoms with Gasteiger partial charge in [0.25, 0.3) is 0 Å². The van der Waals surface area contributed by atoms with Crippen LogP contribution in [0.15, 0.2) is 0 Å². The van der Waals surface area contributed by atoms with Crippen LogP contribution in [0.3, 0.4) is 0 Å². The quantitative estimate of drug-likeness (QED) is 0.779. The molecule has 1 aliphatic rings. The van der Waals surface area contributed by atoms with Gasteiger partial charge >= 0.3 is 12.1 Å². The normalized spacial score (nSPS) is 25.5.